The van der Waals surface area contributed by atoms with Gasteiger partial charge in [-0.15, -0.1) is 10.2 Å². The van der Waals surface area contributed by atoms with Crippen LogP contribution in [0.2, 0.25) is 10.0 Å². The summed E-state index contributed by atoms with van der Waals surface area (Å²) in [5, 5.41) is 18.9. The highest BCUT2D eigenvalue weighted by Crippen LogP contribution is 2.39. The van der Waals surface area contributed by atoms with Gasteiger partial charge in [-0.1, -0.05) is 41.4 Å². The van der Waals surface area contributed by atoms with E-state index in [-0.39, 0.29) is 19.3 Å². The van der Waals surface area contributed by atoms with E-state index in [1.807, 2.05) is 41.0 Å². The van der Waals surface area contributed by atoms with E-state index in [0.29, 0.717) is 21.7 Å². The van der Waals surface area contributed by atoms with Crippen molar-refractivity contribution in [1.82, 2.24) is 14.8 Å². The Balaban J connectivity index is 1.96. The molecule has 1 atom stereocenters. The topological polar surface area (TPSA) is 60.2 Å². The predicted octanol–water partition coefficient (Wildman–Crippen LogP) is 3.69. The van der Waals surface area contributed by atoms with E-state index < -0.39 is 0 Å². The van der Waals surface area contributed by atoms with Gasteiger partial charge in [-0.05, 0) is 24.3 Å². The molecule has 0 saturated carbocycles. The van der Waals surface area contributed by atoms with Crippen molar-refractivity contribution in [2.45, 2.75) is 19.3 Å². The Labute approximate surface area is 148 Å². The minimum Gasteiger partial charge on any atom is -0.388 e. The fraction of sp³-hybridized carbons (Fsp3) is 0.176. The van der Waals surface area contributed by atoms with Crippen molar-refractivity contribution in [3.05, 3.63) is 75.3 Å². The first-order chi connectivity index (χ1) is 11.7. The third kappa shape index (κ3) is 2.50. The SMILES string of the molecule is OCc1nnc2n1-c1ccc(Cl)cc1C(c1ccccc1Cl)OC2. The number of aromatic nitrogens is 3. The fourth-order valence-corrected chi connectivity index (χ4v) is 3.37. The van der Waals surface area contributed by atoms with Gasteiger partial charge in [-0.3, -0.25) is 4.57 Å². The monoisotopic (exact) mass is 361 g/mol. The van der Waals surface area contributed by atoms with Crippen LogP contribution in [0.3, 0.4) is 0 Å². The first-order valence-corrected chi connectivity index (χ1v) is 8.14. The lowest BCUT2D eigenvalue weighted by atomic mass is 9.99. The number of aliphatic hydroxyl groups excluding tert-OH is 1. The molecule has 0 amide bonds. The Morgan fingerprint density at radius 3 is 2.75 bits per heavy atom. The maximum atomic E-state index is 9.57. The van der Waals surface area contributed by atoms with Crippen LogP contribution in [0.15, 0.2) is 42.5 Å². The molecule has 0 radical (unpaired) electrons. The summed E-state index contributed by atoms with van der Waals surface area (Å²) in [5.41, 5.74) is 2.53. The molecular weight excluding hydrogens is 349 g/mol. The summed E-state index contributed by atoms with van der Waals surface area (Å²) >= 11 is 12.6. The molecule has 0 fully saturated rings. The van der Waals surface area contributed by atoms with E-state index in [2.05, 4.69) is 10.2 Å². The first kappa shape index (κ1) is 15.6. The number of nitrogens with zero attached hydrogens (tertiary/aromatic N) is 3. The Bertz CT molecular complexity index is 911. The van der Waals surface area contributed by atoms with Gasteiger partial charge >= 0.3 is 0 Å². The summed E-state index contributed by atoms with van der Waals surface area (Å²) < 4.78 is 7.90. The molecule has 3 aromatic rings. The standard InChI is InChI=1S/C17H13Cl2N3O2/c18-10-5-6-14-12(7-10)17(11-3-1-2-4-13(11)19)24-9-16-21-20-15(8-23)22(14)16/h1-7,17,23H,8-9H2. The van der Waals surface area contributed by atoms with Gasteiger partial charge in [0.2, 0.25) is 0 Å². The summed E-state index contributed by atoms with van der Waals surface area (Å²) in [6.07, 6.45) is -0.388. The molecule has 1 N–H and O–H groups in total. The van der Waals surface area contributed by atoms with Crippen LogP contribution in [0.1, 0.15) is 28.9 Å². The highest BCUT2D eigenvalue weighted by molar-refractivity contribution is 6.31. The lowest BCUT2D eigenvalue weighted by Gasteiger charge is -2.20. The molecule has 1 aliphatic heterocycles. The average Bonchev–Trinajstić information content (AvgIpc) is 2.93. The number of rotatable bonds is 2. The van der Waals surface area contributed by atoms with Crippen molar-refractivity contribution in [2.24, 2.45) is 0 Å². The smallest absolute Gasteiger partial charge is 0.163 e. The van der Waals surface area contributed by atoms with Crippen LogP contribution >= 0.6 is 23.2 Å². The van der Waals surface area contributed by atoms with Crippen LogP contribution in [0.5, 0.6) is 0 Å². The van der Waals surface area contributed by atoms with Crippen LogP contribution in [0.4, 0.5) is 0 Å². The molecular formula is C17H13Cl2N3O2. The van der Waals surface area contributed by atoms with Crippen LogP contribution < -0.4 is 0 Å². The Kier molecular flexibility index (Phi) is 4.02. The van der Waals surface area contributed by atoms with Gasteiger partial charge in [0.15, 0.2) is 11.6 Å². The maximum Gasteiger partial charge on any atom is 0.163 e. The van der Waals surface area contributed by atoms with E-state index in [9.17, 15) is 5.11 Å². The van der Waals surface area contributed by atoms with E-state index in [0.717, 1.165) is 16.8 Å². The lowest BCUT2D eigenvalue weighted by molar-refractivity contribution is 0.0655. The molecule has 2 heterocycles. The molecule has 0 spiro atoms. The molecule has 5 nitrogen and oxygen atoms in total. The minimum atomic E-state index is -0.388. The number of aliphatic hydroxyl groups is 1. The quantitative estimate of drug-likeness (QED) is 0.756. The van der Waals surface area contributed by atoms with Crippen LogP contribution in [0.25, 0.3) is 5.69 Å². The van der Waals surface area contributed by atoms with Crippen molar-refractivity contribution < 1.29 is 9.84 Å². The lowest BCUT2D eigenvalue weighted by Crippen LogP contribution is -2.08. The second kappa shape index (κ2) is 6.18. The molecule has 24 heavy (non-hydrogen) atoms. The second-order valence-corrected chi connectivity index (χ2v) is 6.29. The van der Waals surface area contributed by atoms with E-state index in [4.69, 9.17) is 27.9 Å². The van der Waals surface area contributed by atoms with Crippen molar-refractivity contribution in [1.29, 1.82) is 0 Å². The Morgan fingerprint density at radius 1 is 1.12 bits per heavy atom. The molecule has 4 rings (SSSR count). The number of halogens is 2. The summed E-state index contributed by atoms with van der Waals surface area (Å²) in [7, 11) is 0. The molecule has 0 aliphatic carbocycles. The van der Waals surface area contributed by atoms with E-state index >= 15 is 0 Å². The van der Waals surface area contributed by atoms with Crippen LogP contribution in [0, 0.1) is 0 Å². The van der Waals surface area contributed by atoms with Crippen LogP contribution in [-0.2, 0) is 18.0 Å². The number of ether oxygens (including phenoxy) is 1. The van der Waals surface area contributed by atoms with Gasteiger partial charge in [0.1, 0.15) is 19.3 Å². The third-order valence-electron chi connectivity index (χ3n) is 4.02. The summed E-state index contributed by atoms with van der Waals surface area (Å²) in [6.45, 7) is 0.0288. The van der Waals surface area contributed by atoms with Gasteiger partial charge in [0.25, 0.3) is 0 Å². The molecule has 0 bridgehead atoms. The molecule has 1 aliphatic rings. The zero-order valence-corrected chi connectivity index (χ0v) is 14.0. The van der Waals surface area contributed by atoms with E-state index in [1.165, 1.54) is 0 Å². The average molecular weight is 362 g/mol. The fourth-order valence-electron chi connectivity index (χ4n) is 2.96. The molecule has 0 saturated heterocycles. The van der Waals surface area contributed by atoms with Crippen molar-refractivity contribution in [2.75, 3.05) is 0 Å². The Hall–Kier alpha value is -1.92. The summed E-state index contributed by atoms with van der Waals surface area (Å²) in [6, 6.07) is 13.1. The number of fused-ring (bicyclic) bond motifs is 3. The van der Waals surface area contributed by atoms with Crippen molar-refractivity contribution in [3.63, 3.8) is 0 Å². The number of benzene rings is 2. The van der Waals surface area contributed by atoms with Gasteiger partial charge in [-0.25, -0.2) is 0 Å². The molecule has 2 aromatic carbocycles. The normalized spacial score (nSPS) is 16.4. The third-order valence-corrected chi connectivity index (χ3v) is 4.60. The zero-order chi connectivity index (χ0) is 16.7. The largest absolute Gasteiger partial charge is 0.388 e. The molecule has 7 heteroatoms. The molecule has 1 unspecified atom stereocenters. The highest BCUT2D eigenvalue weighted by atomic mass is 35.5. The highest BCUT2D eigenvalue weighted by Gasteiger charge is 2.28. The van der Waals surface area contributed by atoms with Gasteiger partial charge in [-0.2, -0.15) is 0 Å². The number of hydrogen-bond donors (Lipinski definition) is 1. The van der Waals surface area contributed by atoms with Crippen molar-refractivity contribution >= 4 is 23.2 Å². The minimum absolute atomic E-state index is 0.216. The van der Waals surface area contributed by atoms with Gasteiger partial charge in [0.05, 0.1) is 5.69 Å². The van der Waals surface area contributed by atoms with Gasteiger partial charge < -0.3 is 9.84 Å². The molecule has 1 aromatic heterocycles. The summed E-state index contributed by atoms with van der Waals surface area (Å²) in [4.78, 5) is 0. The molecule has 122 valence electrons. The zero-order valence-electron chi connectivity index (χ0n) is 12.5. The Morgan fingerprint density at radius 2 is 1.96 bits per heavy atom. The number of hydrogen-bond acceptors (Lipinski definition) is 4. The van der Waals surface area contributed by atoms with Crippen molar-refractivity contribution in [3.8, 4) is 5.69 Å². The first-order valence-electron chi connectivity index (χ1n) is 7.39. The predicted molar refractivity (Wildman–Crippen MR) is 90.4 cm³/mol. The second-order valence-electron chi connectivity index (χ2n) is 5.44. The maximum absolute atomic E-state index is 9.57. The van der Waals surface area contributed by atoms with Crippen LogP contribution in [-0.4, -0.2) is 19.9 Å². The van der Waals surface area contributed by atoms with E-state index in [1.54, 1.807) is 6.07 Å². The van der Waals surface area contributed by atoms with Gasteiger partial charge in [0, 0.05) is 21.2 Å². The summed E-state index contributed by atoms with van der Waals surface area (Å²) in [5.74, 6) is 1.08.